The van der Waals surface area contributed by atoms with Gasteiger partial charge in [-0.05, 0) is 47.9 Å². The number of anilines is 1. The quantitative estimate of drug-likeness (QED) is 0.869. The molecule has 0 saturated carbocycles. The molecule has 0 saturated heterocycles. The molecule has 0 aromatic heterocycles. The molecule has 2 N–H and O–H groups in total. The van der Waals surface area contributed by atoms with Crippen LogP contribution in [0.15, 0.2) is 47.4 Å². The lowest BCUT2D eigenvalue weighted by Gasteiger charge is -2.08. The lowest BCUT2D eigenvalue weighted by molar-refractivity contribution is -0.115. The van der Waals surface area contributed by atoms with E-state index in [9.17, 15) is 13.2 Å². The molecule has 0 spiro atoms. The van der Waals surface area contributed by atoms with Crippen molar-refractivity contribution in [2.75, 3.05) is 11.9 Å². The highest BCUT2D eigenvalue weighted by Crippen LogP contribution is 2.25. The summed E-state index contributed by atoms with van der Waals surface area (Å²) in [6.45, 7) is 0.275. The van der Waals surface area contributed by atoms with E-state index < -0.39 is 10.0 Å². The van der Waals surface area contributed by atoms with Crippen molar-refractivity contribution in [3.63, 3.8) is 0 Å². The zero-order chi connectivity index (χ0) is 16.4. The Labute approximate surface area is 139 Å². The fraction of sp³-hybridized carbons (Fsp3) is 0.188. The molecular weight excluding hydrogens is 336 g/mol. The van der Waals surface area contributed by atoms with Crippen LogP contribution in [0, 0.1) is 0 Å². The van der Waals surface area contributed by atoms with Crippen molar-refractivity contribution in [1.29, 1.82) is 0 Å². The molecule has 2 aromatic carbocycles. The van der Waals surface area contributed by atoms with E-state index in [0.29, 0.717) is 22.7 Å². The van der Waals surface area contributed by atoms with Gasteiger partial charge >= 0.3 is 0 Å². The standard InChI is InChI=1S/C16H15ClN2O3S/c17-13-3-1-2-11(8-13)6-7-18-23(21,22)14-4-5-15-12(9-14)10-16(20)19-15/h1-5,8-9,18H,6-7,10H2,(H,19,20). The van der Waals surface area contributed by atoms with E-state index >= 15 is 0 Å². The highest BCUT2D eigenvalue weighted by Gasteiger charge is 2.21. The van der Waals surface area contributed by atoms with E-state index in [1.54, 1.807) is 12.1 Å². The maximum Gasteiger partial charge on any atom is 0.240 e. The third-order valence-corrected chi connectivity index (χ3v) is 5.30. The highest BCUT2D eigenvalue weighted by atomic mass is 35.5. The minimum absolute atomic E-state index is 0.122. The SMILES string of the molecule is O=C1Cc2cc(S(=O)(=O)NCCc3cccc(Cl)c3)ccc2N1. The molecule has 0 unspecified atom stereocenters. The van der Waals surface area contributed by atoms with Gasteiger partial charge in [-0.15, -0.1) is 0 Å². The first-order valence-electron chi connectivity index (χ1n) is 7.11. The molecule has 23 heavy (non-hydrogen) atoms. The van der Waals surface area contributed by atoms with Crippen LogP contribution in [0.1, 0.15) is 11.1 Å². The monoisotopic (exact) mass is 350 g/mol. The number of hydrogen-bond acceptors (Lipinski definition) is 3. The van der Waals surface area contributed by atoms with Gasteiger partial charge < -0.3 is 5.32 Å². The Kier molecular flexibility index (Phi) is 4.39. The molecule has 0 atom stereocenters. The fourth-order valence-corrected chi connectivity index (χ4v) is 3.77. The molecule has 0 aliphatic carbocycles. The van der Waals surface area contributed by atoms with E-state index in [2.05, 4.69) is 10.0 Å². The first-order valence-corrected chi connectivity index (χ1v) is 8.97. The predicted octanol–water partition coefficient (Wildman–Crippen LogP) is 2.36. The van der Waals surface area contributed by atoms with Gasteiger partial charge in [-0.1, -0.05) is 23.7 Å². The summed E-state index contributed by atoms with van der Waals surface area (Å²) in [5.41, 5.74) is 2.34. The Bertz CT molecular complexity index is 865. The van der Waals surface area contributed by atoms with Gasteiger partial charge in [-0.3, -0.25) is 4.79 Å². The van der Waals surface area contributed by atoms with Crippen molar-refractivity contribution < 1.29 is 13.2 Å². The second-order valence-electron chi connectivity index (χ2n) is 5.32. The molecule has 1 amide bonds. The zero-order valence-corrected chi connectivity index (χ0v) is 13.7. The van der Waals surface area contributed by atoms with Crippen LogP contribution in [-0.4, -0.2) is 20.9 Å². The number of sulfonamides is 1. The fourth-order valence-electron chi connectivity index (χ4n) is 2.48. The molecular formula is C16H15ClN2O3S. The summed E-state index contributed by atoms with van der Waals surface area (Å²) >= 11 is 5.90. The van der Waals surface area contributed by atoms with Crippen LogP contribution < -0.4 is 10.0 Å². The third kappa shape index (κ3) is 3.72. The van der Waals surface area contributed by atoms with Gasteiger partial charge in [0.2, 0.25) is 15.9 Å². The van der Waals surface area contributed by atoms with E-state index in [4.69, 9.17) is 11.6 Å². The minimum Gasteiger partial charge on any atom is -0.326 e. The second kappa shape index (κ2) is 6.31. The van der Waals surface area contributed by atoms with Gasteiger partial charge in [-0.2, -0.15) is 0 Å². The molecule has 1 heterocycles. The van der Waals surface area contributed by atoms with Crippen molar-refractivity contribution in [3.05, 3.63) is 58.6 Å². The highest BCUT2D eigenvalue weighted by molar-refractivity contribution is 7.89. The maximum atomic E-state index is 12.3. The summed E-state index contributed by atoms with van der Waals surface area (Å²) in [6, 6.07) is 12.0. The molecule has 5 nitrogen and oxygen atoms in total. The zero-order valence-electron chi connectivity index (χ0n) is 12.2. The smallest absolute Gasteiger partial charge is 0.240 e. The number of amides is 1. The number of benzene rings is 2. The van der Waals surface area contributed by atoms with Crippen molar-refractivity contribution in [3.8, 4) is 0 Å². The van der Waals surface area contributed by atoms with Crippen molar-refractivity contribution in [2.24, 2.45) is 0 Å². The summed E-state index contributed by atoms with van der Waals surface area (Å²) in [4.78, 5) is 11.5. The Hall–Kier alpha value is -1.89. The Morgan fingerprint density at radius 1 is 1.17 bits per heavy atom. The van der Waals surface area contributed by atoms with Gasteiger partial charge in [-0.25, -0.2) is 13.1 Å². The Morgan fingerprint density at radius 3 is 2.78 bits per heavy atom. The average Bonchev–Trinajstić information content (AvgIpc) is 2.86. The van der Waals surface area contributed by atoms with Crippen molar-refractivity contribution in [1.82, 2.24) is 4.72 Å². The molecule has 1 aliphatic heterocycles. The van der Waals surface area contributed by atoms with Gasteiger partial charge in [0.25, 0.3) is 0 Å². The van der Waals surface area contributed by atoms with E-state index in [1.165, 1.54) is 12.1 Å². The van der Waals surface area contributed by atoms with E-state index in [0.717, 1.165) is 5.56 Å². The molecule has 120 valence electrons. The summed E-state index contributed by atoms with van der Waals surface area (Å²) < 4.78 is 27.2. The van der Waals surface area contributed by atoms with Gasteiger partial charge in [0, 0.05) is 17.3 Å². The second-order valence-corrected chi connectivity index (χ2v) is 7.52. The van der Waals surface area contributed by atoms with Gasteiger partial charge in [0.15, 0.2) is 0 Å². The van der Waals surface area contributed by atoms with E-state index in [-0.39, 0.29) is 23.8 Å². The number of nitrogens with one attached hydrogen (secondary N) is 2. The summed E-state index contributed by atoms with van der Waals surface area (Å²) in [6.07, 6.45) is 0.756. The topological polar surface area (TPSA) is 75.3 Å². The molecule has 1 aliphatic rings. The normalized spacial score (nSPS) is 13.7. The Morgan fingerprint density at radius 2 is 2.00 bits per heavy atom. The summed E-state index contributed by atoms with van der Waals surface area (Å²) in [5, 5.41) is 3.31. The van der Waals surface area contributed by atoms with Crippen LogP contribution in [0.5, 0.6) is 0 Å². The molecule has 0 bridgehead atoms. The van der Waals surface area contributed by atoms with Crippen LogP contribution in [0.3, 0.4) is 0 Å². The Balaban J connectivity index is 1.68. The van der Waals surface area contributed by atoms with Crippen molar-refractivity contribution >= 4 is 33.2 Å². The molecule has 0 fully saturated rings. The van der Waals surface area contributed by atoms with Crippen LogP contribution in [0.4, 0.5) is 5.69 Å². The van der Waals surface area contributed by atoms with Gasteiger partial charge in [0.05, 0.1) is 11.3 Å². The molecule has 0 radical (unpaired) electrons. The number of fused-ring (bicyclic) bond motifs is 1. The average molecular weight is 351 g/mol. The minimum atomic E-state index is -3.60. The first kappa shape index (κ1) is 16.0. The van der Waals surface area contributed by atoms with Crippen LogP contribution in [-0.2, 0) is 27.7 Å². The number of halogens is 1. The lowest BCUT2D eigenvalue weighted by Crippen LogP contribution is -2.26. The summed E-state index contributed by atoms with van der Waals surface area (Å²) in [7, 11) is -3.60. The van der Waals surface area contributed by atoms with Gasteiger partial charge in [0.1, 0.15) is 0 Å². The number of rotatable bonds is 5. The molecule has 3 rings (SSSR count). The summed E-state index contributed by atoms with van der Waals surface area (Å²) in [5.74, 6) is -0.122. The number of carbonyl (C=O) groups is 1. The maximum absolute atomic E-state index is 12.3. The van der Waals surface area contributed by atoms with Crippen LogP contribution in [0.2, 0.25) is 5.02 Å². The number of hydrogen-bond donors (Lipinski definition) is 2. The van der Waals surface area contributed by atoms with E-state index in [1.807, 2.05) is 18.2 Å². The van der Waals surface area contributed by atoms with Crippen molar-refractivity contribution in [2.45, 2.75) is 17.7 Å². The molecule has 2 aromatic rings. The third-order valence-electron chi connectivity index (χ3n) is 3.61. The van der Waals surface area contributed by atoms with Crippen LogP contribution in [0.25, 0.3) is 0 Å². The largest absolute Gasteiger partial charge is 0.326 e. The molecule has 7 heteroatoms. The van der Waals surface area contributed by atoms with Crippen LogP contribution >= 0.6 is 11.6 Å². The number of carbonyl (C=O) groups excluding carboxylic acids is 1. The predicted molar refractivity (Wildman–Crippen MR) is 89.1 cm³/mol. The first-order chi connectivity index (χ1) is 10.9. The lowest BCUT2D eigenvalue weighted by atomic mass is 10.2.